The highest BCUT2D eigenvalue weighted by Crippen LogP contribution is 2.25. The third kappa shape index (κ3) is 5.41. The van der Waals surface area contributed by atoms with Gasteiger partial charge < -0.3 is 4.74 Å². The lowest BCUT2D eigenvalue weighted by Gasteiger charge is -2.12. The Morgan fingerprint density at radius 2 is 1.58 bits per heavy atom. The van der Waals surface area contributed by atoms with Crippen molar-refractivity contribution in [2.45, 2.75) is 11.5 Å². The van der Waals surface area contributed by atoms with Gasteiger partial charge in [-0.2, -0.15) is 0 Å². The van der Waals surface area contributed by atoms with Gasteiger partial charge in [-0.25, -0.2) is 27.0 Å². The quantitative estimate of drug-likeness (QED) is 0.361. The zero-order valence-electron chi connectivity index (χ0n) is 16.9. The first-order chi connectivity index (χ1) is 15.8. The van der Waals surface area contributed by atoms with Crippen molar-refractivity contribution in [3.63, 3.8) is 0 Å². The highest BCUT2D eigenvalue weighted by Gasteiger charge is 2.20. The van der Waals surface area contributed by atoms with Gasteiger partial charge in [0, 0.05) is 10.9 Å². The molecule has 3 aromatic carbocycles. The fourth-order valence-electron chi connectivity index (χ4n) is 2.88. The Kier molecular flexibility index (Phi) is 6.47. The SMILES string of the molecule is O=C(OCc1csc(-c2ccc(F)cc2)n1)c1ccccc1NS(=O)(=O)c1ccc(F)cc1. The highest BCUT2D eigenvalue weighted by molar-refractivity contribution is 7.92. The Labute approximate surface area is 192 Å². The Morgan fingerprint density at radius 3 is 2.27 bits per heavy atom. The minimum atomic E-state index is -4.05. The van der Waals surface area contributed by atoms with Gasteiger partial charge in [0.1, 0.15) is 23.2 Å². The van der Waals surface area contributed by atoms with Crippen LogP contribution in [0.4, 0.5) is 14.5 Å². The van der Waals surface area contributed by atoms with E-state index >= 15 is 0 Å². The van der Waals surface area contributed by atoms with Crippen molar-refractivity contribution < 1.29 is 26.7 Å². The first kappa shape index (κ1) is 22.6. The molecular weight excluding hydrogens is 470 g/mol. The van der Waals surface area contributed by atoms with Crippen molar-refractivity contribution in [3.05, 3.63) is 101 Å². The van der Waals surface area contributed by atoms with Crippen molar-refractivity contribution in [1.29, 1.82) is 0 Å². The number of carbonyl (C=O) groups excluding carboxylic acids is 1. The van der Waals surface area contributed by atoms with Gasteiger partial charge in [0.05, 0.1) is 21.8 Å². The zero-order valence-corrected chi connectivity index (χ0v) is 18.5. The molecule has 4 rings (SSSR count). The van der Waals surface area contributed by atoms with Crippen LogP contribution in [0.15, 0.2) is 83.1 Å². The first-order valence-electron chi connectivity index (χ1n) is 9.57. The van der Waals surface area contributed by atoms with Gasteiger partial charge in [-0.05, 0) is 60.7 Å². The van der Waals surface area contributed by atoms with E-state index in [1.165, 1.54) is 35.6 Å². The summed E-state index contributed by atoms with van der Waals surface area (Å²) in [4.78, 5) is 16.9. The number of nitrogens with zero attached hydrogens (tertiary/aromatic N) is 1. The zero-order chi connectivity index (χ0) is 23.4. The standard InChI is InChI=1S/C23H16F2N2O4S2/c24-16-7-5-15(6-8-16)22-26-18(14-32-22)13-31-23(28)20-3-1-2-4-21(20)27-33(29,30)19-11-9-17(25)10-12-19/h1-12,14,27H,13H2. The summed E-state index contributed by atoms with van der Waals surface area (Å²) in [7, 11) is -4.05. The number of nitrogens with one attached hydrogen (secondary N) is 1. The molecule has 0 bridgehead atoms. The number of halogens is 2. The van der Waals surface area contributed by atoms with E-state index in [-0.39, 0.29) is 28.6 Å². The van der Waals surface area contributed by atoms with E-state index in [4.69, 9.17) is 4.74 Å². The van der Waals surface area contributed by atoms with E-state index in [0.717, 1.165) is 29.8 Å². The van der Waals surface area contributed by atoms with Crippen molar-refractivity contribution in [1.82, 2.24) is 4.98 Å². The van der Waals surface area contributed by atoms with Gasteiger partial charge in [-0.1, -0.05) is 12.1 Å². The molecule has 0 radical (unpaired) electrons. The number of rotatable bonds is 7. The Balaban J connectivity index is 1.46. The van der Waals surface area contributed by atoms with Gasteiger partial charge in [-0.15, -0.1) is 11.3 Å². The van der Waals surface area contributed by atoms with Crippen LogP contribution < -0.4 is 4.72 Å². The number of esters is 1. The fourth-order valence-corrected chi connectivity index (χ4v) is 4.77. The number of hydrogen-bond acceptors (Lipinski definition) is 6. The van der Waals surface area contributed by atoms with E-state index in [1.807, 2.05) is 0 Å². The average molecular weight is 487 g/mol. The number of anilines is 1. The Bertz CT molecular complexity index is 1390. The number of benzene rings is 3. The summed E-state index contributed by atoms with van der Waals surface area (Å²) in [6.45, 7) is -0.129. The summed E-state index contributed by atoms with van der Waals surface area (Å²) in [5.41, 5.74) is 1.27. The van der Waals surface area contributed by atoms with Crippen LogP contribution in [-0.2, 0) is 21.4 Å². The van der Waals surface area contributed by atoms with E-state index < -0.39 is 21.8 Å². The molecular formula is C23H16F2N2O4S2. The normalized spacial score (nSPS) is 11.2. The van der Waals surface area contributed by atoms with Crippen LogP contribution >= 0.6 is 11.3 Å². The summed E-state index contributed by atoms with van der Waals surface area (Å²) < 4.78 is 59.1. The lowest BCUT2D eigenvalue weighted by Crippen LogP contribution is -2.16. The molecule has 0 unspecified atom stereocenters. The summed E-state index contributed by atoms with van der Waals surface area (Å²) in [6, 6.07) is 16.2. The van der Waals surface area contributed by atoms with Crippen molar-refractivity contribution in [2.75, 3.05) is 4.72 Å². The smallest absolute Gasteiger partial charge is 0.340 e. The molecule has 0 saturated carbocycles. The van der Waals surface area contributed by atoms with Crippen molar-refractivity contribution in [2.24, 2.45) is 0 Å². The molecule has 168 valence electrons. The highest BCUT2D eigenvalue weighted by atomic mass is 32.2. The number of ether oxygens (including phenoxy) is 1. The third-order valence-electron chi connectivity index (χ3n) is 4.51. The van der Waals surface area contributed by atoms with E-state index in [1.54, 1.807) is 29.6 Å². The predicted molar refractivity (Wildman–Crippen MR) is 120 cm³/mol. The van der Waals surface area contributed by atoms with Gasteiger partial charge in [0.25, 0.3) is 10.0 Å². The Morgan fingerprint density at radius 1 is 0.939 bits per heavy atom. The molecule has 10 heteroatoms. The fraction of sp³-hybridized carbons (Fsp3) is 0.0435. The van der Waals surface area contributed by atoms with Gasteiger partial charge in [0.2, 0.25) is 0 Å². The number of sulfonamides is 1. The van der Waals surface area contributed by atoms with Crippen LogP contribution in [-0.4, -0.2) is 19.4 Å². The minimum Gasteiger partial charge on any atom is -0.455 e. The molecule has 0 spiro atoms. The maximum absolute atomic E-state index is 13.1. The predicted octanol–water partition coefficient (Wildman–Crippen LogP) is 5.25. The average Bonchev–Trinajstić information content (AvgIpc) is 3.27. The largest absolute Gasteiger partial charge is 0.455 e. The van der Waals surface area contributed by atoms with Crippen LogP contribution in [0.3, 0.4) is 0 Å². The monoisotopic (exact) mass is 486 g/mol. The maximum atomic E-state index is 13.1. The minimum absolute atomic E-state index is 0.0113. The molecule has 6 nitrogen and oxygen atoms in total. The molecule has 0 fully saturated rings. The summed E-state index contributed by atoms with van der Waals surface area (Å²) in [5.74, 6) is -1.66. The Hall–Kier alpha value is -3.63. The van der Waals surface area contributed by atoms with Gasteiger partial charge >= 0.3 is 5.97 Å². The van der Waals surface area contributed by atoms with E-state index in [0.29, 0.717) is 10.7 Å². The molecule has 1 heterocycles. The van der Waals surface area contributed by atoms with Crippen LogP contribution in [0.25, 0.3) is 10.6 Å². The number of hydrogen-bond donors (Lipinski definition) is 1. The van der Waals surface area contributed by atoms with E-state index in [9.17, 15) is 22.0 Å². The molecule has 0 aliphatic rings. The molecule has 0 aliphatic carbocycles. The molecule has 4 aromatic rings. The molecule has 0 amide bonds. The maximum Gasteiger partial charge on any atom is 0.340 e. The second-order valence-electron chi connectivity index (χ2n) is 6.83. The molecule has 1 aromatic heterocycles. The lowest BCUT2D eigenvalue weighted by atomic mass is 10.2. The molecule has 33 heavy (non-hydrogen) atoms. The van der Waals surface area contributed by atoms with Crippen LogP contribution in [0.2, 0.25) is 0 Å². The summed E-state index contributed by atoms with van der Waals surface area (Å²) in [6.07, 6.45) is 0. The molecule has 0 atom stereocenters. The number of aromatic nitrogens is 1. The lowest BCUT2D eigenvalue weighted by molar-refractivity contribution is 0.0470. The first-order valence-corrected chi connectivity index (χ1v) is 11.9. The van der Waals surface area contributed by atoms with Crippen LogP contribution in [0.5, 0.6) is 0 Å². The molecule has 0 saturated heterocycles. The van der Waals surface area contributed by atoms with Gasteiger partial charge in [-0.3, -0.25) is 4.72 Å². The van der Waals surface area contributed by atoms with E-state index in [2.05, 4.69) is 9.71 Å². The van der Waals surface area contributed by atoms with Crippen LogP contribution in [0, 0.1) is 11.6 Å². The number of para-hydroxylation sites is 1. The van der Waals surface area contributed by atoms with Gasteiger partial charge in [0.15, 0.2) is 0 Å². The van der Waals surface area contributed by atoms with Crippen LogP contribution in [0.1, 0.15) is 16.1 Å². The molecule has 0 aliphatic heterocycles. The van der Waals surface area contributed by atoms with Crippen molar-refractivity contribution in [3.8, 4) is 10.6 Å². The topological polar surface area (TPSA) is 85.4 Å². The second-order valence-corrected chi connectivity index (χ2v) is 9.37. The summed E-state index contributed by atoms with van der Waals surface area (Å²) >= 11 is 1.32. The second kappa shape index (κ2) is 9.47. The molecule has 1 N–H and O–H groups in total. The van der Waals surface area contributed by atoms with Crippen molar-refractivity contribution >= 4 is 33.0 Å². The summed E-state index contributed by atoms with van der Waals surface area (Å²) in [5, 5.41) is 2.36. The number of carbonyl (C=O) groups is 1. The third-order valence-corrected chi connectivity index (χ3v) is 6.83. The number of thiazole rings is 1.